The van der Waals surface area contributed by atoms with Gasteiger partial charge in [0, 0.05) is 43.3 Å². The largest absolute Gasteiger partial charge is 0.508 e. The number of benzene rings is 3. The number of carbonyl (C=O) groups excluding carboxylic acids is 8. The first kappa shape index (κ1) is 64.1. The second-order valence-electron chi connectivity index (χ2n) is 17.6. The predicted octanol–water partition coefficient (Wildman–Crippen LogP) is -0.715. The zero-order valence-corrected chi connectivity index (χ0v) is 44.6. The van der Waals surface area contributed by atoms with Crippen LogP contribution in [0, 0.1) is 0 Å². The number of aliphatic carboxylic acids is 3. The molecule has 0 aliphatic carbocycles. The predicted molar refractivity (Wildman–Crippen MR) is 290 cm³/mol. The fourth-order valence-electron chi connectivity index (χ4n) is 7.46. The van der Waals surface area contributed by atoms with Crippen molar-refractivity contribution >= 4 is 99.6 Å². The first-order valence-corrected chi connectivity index (χ1v) is 26.9. The minimum atomic E-state index is -1.72. The number of phenols is 1. The van der Waals surface area contributed by atoms with Crippen LogP contribution in [-0.2, 0) is 72.0 Å². The molecule has 0 unspecified atom stereocenters. The van der Waals surface area contributed by atoms with Crippen LogP contribution in [0.5, 0.6) is 5.75 Å². The SMILES string of the molecule is CC(=O)O.CSCC[C@H](NC(=O)[C@H](Cc1ccc(O)cc1)NC(=O)[C@@H](N)CC(=O)O)C(=O)NCC(=O)N[C@@H](Cc1c[nH]c2ccccc12)C(=O)N[C@@H](CCSC)C(=O)N[C@@H](CC(=O)O)C(=O)N[C@@H](Cc1ccccc1)C(N)=O. The number of carbonyl (C=O) groups is 11. The Balaban J connectivity index is 0.00000386. The molecule has 0 aliphatic heterocycles. The van der Waals surface area contributed by atoms with E-state index in [0.29, 0.717) is 39.1 Å². The van der Waals surface area contributed by atoms with Crippen LogP contribution in [0.15, 0.2) is 85.1 Å². The molecule has 3 aromatic carbocycles. The van der Waals surface area contributed by atoms with Crippen molar-refractivity contribution in [3.63, 3.8) is 0 Å². The normalized spacial score (nSPS) is 13.4. The summed E-state index contributed by atoms with van der Waals surface area (Å²) in [6.07, 6.45) is 3.24. The lowest BCUT2D eigenvalue weighted by molar-refractivity contribution is -0.141. The van der Waals surface area contributed by atoms with Gasteiger partial charge in [0.05, 0.1) is 25.4 Å². The van der Waals surface area contributed by atoms with E-state index >= 15 is 0 Å². The molecule has 25 nitrogen and oxygen atoms in total. The van der Waals surface area contributed by atoms with Crippen molar-refractivity contribution in [2.24, 2.45) is 11.5 Å². The van der Waals surface area contributed by atoms with E-state index in [9.17, 15) is 58.2 Å². The number of nitrogens with one attached hydrogen (secondary N) is 8. The van der Waals surface area contributed by atoms with Crippen LogP contribution in [0.1, 0.15) is 49.3 Å². The van der Waals surface area contributed by atoms with Crippen LogP contribution in [-0.4, -0.2) is 163 Å². The number of thioether (sulfide) groups is 2. The number of carboxylic acid groups (broad SMARTS) is 3. The molecule has 1 aromatic heterocycles. The van der Waals surface area contributed by atoms with E-state index in [1.54, 1.807) is 73.3 Å². The molecular weight excluding hydrogens is 1060 g/mol. The van der Waals surface area contributed by atoms with E-state index in [1.165, 1.54) is 47.8 Å². The van der Waals surface area contributed by atoms with Gasteiger partial charge in [-0.05, 0) is 71.7 Å². The van der Waals surface area contributed by atoms with Crippen molar-refractivity contribution in [1.29, 1.82) is 0 Å². The zero-order chi connectivity index (χ0) is 57.9. The minimum Gasteiger partial charge on any atom is -0.508 e. The third-order valence-corrected chi connectivity index (χ3v) is 12.6. The second kappa shape index (κ2) is 33.1. The molecule has 0 spiro atoms. The Kier molecular flexibility index (Phi) is 27.2. The van der Waals surface area contributed by atoms with E-state index in [1.807, 2.05) is 0 Å². The standard InChI is InChI=1S/C49H62N10O13S2.C2H4O2/c1-73-18-16-34(55-47(70)37(21-28-12-14-30(60)15-13-28)58-44(67)32(50)23-41(62)63)45(68)53-26-40(61)54-38(22-29-25-52-33-11-7-6-10-31(29)33)48(71)56-35(17-19-74-2)46(69)59-39(24-42(64)65)49(72)57-36(43(51)66)20-27-8-4-3-5-9-27;1-2(3)4/h3-15,25,32,34-39,52,60H,16-24,26,50H2,1-2H3,(H2,51,66)(H,53,68)(H,54,61)(H,55,70)(H,56,71)(H,57,72)(H,58,67)(H,59,69)(H,62,63)(H,64,65);1H3,(H,3,4)/t32-,34-,35-,36-,37-,38-,39-;/m0./s1. The van der Waals surface area contributed by atoms with Gasteiger partial charge in [0.25, 0.3) is 5.97 Å². The highest BCUT2D eigenvalue weighted by Gasteiger charge is 2.34. The van der Waals surface area contributed by atoms with Crippen molar-refractivity contribution in [1.82, 2.24) is 42.2 Å². The molecule has 78 heavy (non-hydrogen) atoms. The van der Waals surface area contributed by atoms with Crippen molar-refractivity contribution in [3.8, 4) is 5.75 Å². The Morgan fingerprint density at radius 2 is 1.01 bits per heavy atom. The van der Waals surface area contributed by atoms with Crippen LogP contribution >= 0.6 is 23.5 Å². The number of aromatic nitrogens is 1. The molecule has 0 saturated carbocycles. The number of H-pyrrole nitrogens is 1. The third kappa shape index (κ3) is 23.0. The summed E-state index contributed by atoms with van der Waals surface area (Å²) in [5.41, 5.74) is 13.8. The van der Waals surface area contributed by atoms with Crippen LogP contribution in [0.3, 0.4) is 0 Å². The summed E-state index contributed by atoms with van der Waals surface area (Å²) in [7, 11) is 0. The molecule has 0 fully saturated rings. The number of hydrogen-bond acceptors (Lipinski definition) is 15. The summed E-state index contributed by atoms with van der Waals surface area (Å²) in [5.74, 6) is -10.2. The van der Waals surface area contributed by atoms with Gasteiger partial charge in [-0.1, -0.05) is 60.7 Å². The molecule has 1 heterocycles. The van der Waals surface area contributed by atoms with Gasteiger partial charge < -0.3 is 74.1 Å². The number of hydrogen-bond donors (Lipinski definition) is 14. The van der Waals surface area contributed by atoms with Gasteiger partial charge in [0.1, 0.15) is 42.0 Å². The molecule has 4 aromatic rings. The average molecular weight is 1120 g/mol. The topological polar surface area (TPSA) is 421 Å². The van der Waals surface area contributed by atoms with Crippen molar-refractivity contribution in [2.45, 2.75) is 94.2 Å². The van der Waals surface area contributed by atoms with Gasteiger partial charge in [-0.3, -0.25) is 52.7 Å². The lowest BCUT2D eigenvalue weighted by atomic mass is 10.0. The van der Waals surface area contributed by atoms with Gasteiger partial charge in [-0.15, -0.1) is 0 Å². The molecule has 16 N–H and O–H groups in total. The fraction of sp³-hybridized carbons (Fsp3) is 0.392. The second-order valence-corrected chi connectivity index (χ2v) is 19.5. The molecule has 0 aliphatic rings. The highest BCUT2D eigenvalue weighted by molar-refractivity contribution is 7.98. The quantitative estimate of drug-likeness (QED) is 0.0296. The summed E-state index contributed by atoms with van der Waals surface area (Å²) in [6.45, 7) is 0.374. The molecule has 4 rings (SSSR count). The molecule has 0 bridgehead atoms. The van der Waals surface area contributed by atoms with Crippen molar-refractivity contribution < 1.29 is 73.2 Å². The van der Waals surface area contributed by atoms with E-state index in [0.717, 1.165) is 6.92 Å². The monoisotopic (exact) mass is 1120 g/mol. The van der Waals surface area contributed by atoms with Crippen LogP contribution in [0.4, 0.5) is 0 Å². The Bertz CT molecular complexity index is 2710. The number of nitrogens with two attached hydrogens (primary N) is 2. The first-order valence-electron chi connectivity index (χ1n) is 24.1. The number of primary amides is 1. The maximum atomic E-state index is 14.3. The fourth-order valence-corrected chi connectivity index (χ4v) is 8.40. The van der Waals surface area contributed by atoms with Crippen LogP contribution < -0.4 is 48.7 Å². The molecule has 0 saturated heterocycles. The van der Waals surface area contributed by atoms with E-state index in [-0.39, 0.29) is 37.9 Å². The maximum absolute atomic E-state index is 14.3. The van der Waals surface area contributed by atoms with Gasteiger partial charge >= 0.3 is 11.9 Å². The number of rotatable bonds is 31. The van der Waals surface area contributed by atoms with Gasteiger partial charge in [-0.2, -0.15) is 23.5 Å². The summed E-state index contributed by atoms with van der Waals surface area (Å²) in [4.78, 5) is 144. The summed E-state index contributed by atoms with van der Waals surface area (Å²) < 4.78 is 0. The Hall–Kier alpha value is -8.17. The number of amides is 8. The Labute approximate surface area is 456 Å². The lowest BCUT2D eigenvalue weighted by Gasteiger charge is -2.26. The molecule has 8 amide bonds. The maximum Gasteiger partial charge on any atom is 0.305 e. The summed E-state index contributed by atoms with van der Waals surface area (Å²) in [6, 6.07) is 11.5. The smallest absolute Gasteiger partial charge is 0.305 e. The summed E-state index contributed by atoms with van der Waals surface area (Å²) >= 11 is 2.68. The Morgan fingerprint density at radius 1 is 0.551 bits per heavy atom. The Morgan fingerprint density at radius 3 is 1.58 bits per heavy atom. The molecular formula is C51H66N10O15S2. The minimum absolute atomic E-state index is 0.0142. The number of fused-ring (bicyclic) bond motifs is 1. The molecule has 422 valence electrons. The van der Waals surface area contributed by atoms with E-state index in [2.05, 4.69) is 42.2 Å². The zero-order valence-electron chi connectivity index (χ0n) is 42.9. The van der Waals surface area contributed by atoms with E-state index in [4.69, 9.17) is 26.5 Å². The summed E-state index contributed by atoms with van der Waals surface area (Å²) in [5, 5.41) is 54.4. The third-order valence-electron chi connectivity index (χ3n) is 11.4. The average Bonchev–Trinajstić information content (AvgIpc) is 3.81. The molecule has 7 atom stereocenters. The molecule has 27 heteroatoms. The number of aromatic amines is 1. The molecule has 0 radical (unpaired) electrons. The van der Waals surface area contributed by atoms with Crippen LogP contribution in [0.2, 0.25) is 0 Å². The highest BCUT2D eigenvalue weighted by Crippen LogP contribution is 2.20. The number of aromatic hydroxyl groups is 1. The van der Waals surface area contributed by atoms with E-state index < -0.39 is 127 Å². The van der Waals surface area contributed by atoms with Crippen molar-refractivity contribution in [2.75, 3.05) is 30.6 Å². The first-order chi connectivity index (χ1) is 37.0. The van der Waals surface area contributed by atoms with Crippen LogP contribution in [0.25, 0.3) is 10.9 Å². The highest BCUT2D eigenvalue weighted by atomic mass is 32.2. The van der Waals surface area contributed by atoms with Crippen molar-refractivity contribution in [3.05, 3.63) is 102 Å². The van der Waals surface area contributed by atoms with Gasteiger partial charge in [-0.25, -0.2) is 0 Å². The number of carboxylic acids is 3. The van der Waals surface area contributed by atoms with Gasteiger partial charge in [0.15, 0.2) is 0 Å². The number of para-hydroxylation sites is 1. The number of phenolic OH excluding ortho intramolecular Hbond substituents is 1. The lowest BCUT2D eigenvalue weighted by Crippen LogP contribution is -2.59. The van der Waals surface area contributed by atoms with Gasteiger partial charge in [0.2, 0.25) is 47.3 Å².